The van der Waals surface area contributed by atoms with Gasteiger partial charge in [0.15, 0.2) is 0 Å². The van der Waals surface area contributed by atoms with E-state index in [0.717, 1.165) is 16.0 Å². The molecule has 3 rings (SSSR count). The summed E-state index contributed by atoms with van der Waals surface area (Å²) in [6, 6.07) is 10.5. The van der Waals surface area contributed by atoms with Crippen molar-refractivity contribution in [2.75, 3.05) is 6.54 Å². The second kappa shape index (κ2) is 7.06. The number of halogens is 1. The summed E-state index contributed by atoms with van der Waals surface area (Å²) in [6.07, 6.45) is 0.484. The predicted octanol–water partition coefficient (Wildman–Crippen LogP) is 1.90. The zero-order chi connectivity index (χ0) is 18.9. The first-order chi connectivity index (χ1) is 12.3. The molecule has 2 aromatic carbocycles. The molecule has 1 aliphatic heterocycles. The highest BCUT2D eigenvalue weighted by Crippen LogP contribution is 2.25. The van der Waals surface area contributed by atoms with Crippen LogP contribution in [0.1, 0.15) is 21.5 Å². The number of nitrogens with zero attached hydrogens (tertiary/aromatic N) is 1. The molecule has 7 nitrogen and oxygen atoms in total. The fourth-order valence-electron chi connectivity index (χ4n) is 2.71. The van der Waals surface area contributed by atoms with Gasteiger partial charge < -0.3 is 5.32 Å². The Labute approximate surface area is 155 Å². The van der Waals surface area contributed by atoms with E-state index in [-0.39, 0.29) is 17.3 Å². The van der Waals surface area contributed by atoms with Crippen molar-refractivity contribution in [1.82, 2.24) is 10.2 Å². The number of sulfonamides is 1. The molecule has 0 aliphatic carbocycles. The van der Waals surface area contributed by atoms with Gasteiger partial charge in [-0.1, -0.05) is 23.7 Å². The Morgan fingerprint density at radius 1 is 1.19 bits per heavy atom. The molecule has 3 amide bonds. The Morgan fingerprint density at radius 3 is 2.54 bits per heavy atom. The van der Waals surface area contributed by atoms with E-state index < -0.39 is 16.1 Å². The molecule has 0 aromatic heterocycles. The molecule has 0 atom stereocenters. The molecule has 0 saturated heterocycles. The van der Waals surface area contributed by atoms with Gasteiger partial charge in [-0.25, -0.2) is 18.4 Å². The van der Waals surface area contributed by atoms with Crippen LogP contribution in [0.15, 0.2) is 47.4 Å². The van der Waals surface area contributed by atoms with Crippen molar-refractivity contribution >= 4 is 33.6 Å². The molecule has 0 fully saturated rings. The molecule has 0 saturated carbocycles. The Hall–Kier alpha value is -2.42. The van der Waals surface area contributed by atoms with E-state index in [1.54, 1.807) is 30.3 Å². The number of carbonyl (C=O) groups is 2. The molecule has 1 aliphatic rings. The summed E-state index contributed by atoms with van der Waals surface area (Å²) in [5.74, 6) is -0.355. The van der Waals surface area contributed by atoms with Gasteiger partial charge in [0.05, 0.1) is 11.4 Å². The minimum atomic E-state index is -3.72. The van der Waals surface area contributed by atoms with Crippen LogP contribution in [0.3, 0.4) is 0 Å². The van der Waals surface area contributed by atoms with Crippen molar-refractivity contribution in [2.45, 2.75) is 17.9 Å². The fourth-order valence-corrected chi connectivity index (χ4v) is 3.42. The first-order valence-electron chi connectivity index (χ1n) is 7.75. The van der Waals surface area contributed by atoms with E-state index in [1.807, 2.05) is 0 Å². The van der Waals surface area contributed by atoms with Gasteiger partial charge in [-0.2, -0.15) is 0 Å². The molecule has 3 N–H and O–H groups in total. The highest BCUT2D eigenvalue weighted by molar-refractivity contribution is 7.89. The zero-order valence-corrected chi connectivity index (χ0v) is 15.2. The fraction of sp³-hybridized carbons (Fsp3) is 0.176. The van der Waals surface area contributed by atoms with E-state index in [2.05, 4.69) is 5.32 Å². The van der Waals surface area contributed by atoms with Gasteiger partial charge in [0.2, 0.25) is 10.0 Å². The summed E-state index contributed by atoms with van der Waals surface area (Å²) in [4.78, 5) is 25.7. The number of hydrogen-bond donors (Lipinski definition) is 2. The van der Waals surface area contributed by atoms with Crippen LogP contribution in [0, 0.1) is 0 Å². The van der Waals surface area contributed by atoms with Crippen LogP contribution in [0.5, 0.6) is 0 Å². The van der Waals surface area contributed by atoms with Crippen LogP contribution in [-0.2, 0) is 23.0 Å². The van der Waals surface area contributed by atoms with Gasteiger partial charge in [0, 0.05) is 17.1 Å². The molecule has 136 valence electrons. The SMILES string of the molecule is NS(=O)(=O)c1ccc(CCNC(=O)N2Cc3cc(Cl)ccc3C2=O)cc1. The van der Waals surface area contributed by atoms with Gasteiger partial charge in [-0.15, -0.1) is 0 Å². The quantitative estimate of drug-likeness (QED) is 0.826. The van der Waals surface area contributed by atoms with Crippen molar-refractivity contribution in [1.29, 1.82) is 0 Å². The van der Waals surface area contributed by atoms with E-state index in [4.69, 9.17) is 16.7 Å². The molecule has 0 radical (unpaired) electrons. The second-order valence-electron chi connectivity index (χ2n) is 5.86. The predicted molar refractivity (Wildman–Crippen MR) is 96.2 cm³/mol. The molecule has 26 heavy (non-hydrogen) atoms. The van der Waals surface area contributed by atoms with Crippen LogP contribution < -0.4 is 10.5 Å². The summed E-state index contributed by atoms with van der Waals surface area (Å²) in [5.41, 5.74) is 2.03. The number of benzene rings is 2. The molecule has 0 bridgehead atoms. The first kappa shape index (κ1) is 18.4. The van der Waals surface area contributed by atoms with Gasteiger partial charge >= 0.3 is 6.03 Å². The Balaban J connectivity index is 1.56. The van der Waals surface area contributed by atoms with E-state index in [1.165, 1.54) is 12.1 Å². The summed E-state index contributed by atoms with van der Waals surface area (Å²) >= 11 is 5.91. The highest BCUT2D eigenvalue weighted by Gasteiger charge is 2.31. The van der Waals surface area contributed by atoms with Crippen LogP contribution in [0.2, 0.25) is 5.02 Å². The summed E-state index contributed by atoms with van der Waals surface area (Å²) < 4.78 is 22.4. The number of imide groups is 1. The van der Waals surface area contributed by atoms with Crippen LogP contribution in [0.25, 0.3) is 0 Å². The molecule has 0 unspecified atom stereocenters. The van der Waals surface area contributed by atoms with Crippen molar-refractivity contribution in [2.24, 2.45) is 5.14 Å². The van der Waals surface area contributed by atoms with Crippen molar-refractivity contribution < 1.29 is 18.0 Å². The minimum Gasteiger partial charge on any atom is -0.337 e. The van der Waals surface area contributed by atoms with Crippen LogP contribution in [0.4, 0.5) is 4.79 Å². The number of fused-ring (bicyclic) bond motifs is 1. The van der Waals surface area contributed by atoms with E-state index in [9.17, 15) is 18.0 Å². The average Bonchev–Trinajstić information content (AvgIpc) is 2.90. The third kappa shape index (κ3) is 3.87. The van der Waals surface area contributed by atoms with E-state index >= 15 is 0 Å². The molecular formula is C17H16ClN3O4S. The van der Waals surface area contributed by atoms with Crippen LogP contribution >= 0.6 is 11.6 Å². The number of rotatable bonds is 4. The lowest BCUT2D eigenvalue weighted by Gasteiger charge is -2.14. The lowest BCUT2D eigenvalue weighted by atomic mass is 10.1. The number of carbonyl (C=O) groups excluding carboxylic acids is 2. The molecular weight excluding hydrogens is 378 g/mol. The number of nitrogens with two attached hydrogens (primary N) is 1. The number of amides is 3. The Kier molecular flexibility index (Phi) is 4.99. The topological polar surface area (TPSA) is 110 Å². The average molecular weight is 394 g/mol. The van der Waals surface area contributed by atoms with Crippen molar-refractivity contribution in [3.63, 3.8) is 0 Å². The summed E-state index contributed by atoms with van der Waals surface area (Å²) in [5, 5.41) is 8.25. The zero-order valence-electron chi connectivity index (χ0n) is 13.6. The minimum absolute atomic E-state index is 0.0318. The van der Waals surface area contributed by atoms with Gasteiger partial charge in [-0.05, 0) is 47.9 Å². The Bertz CT molecular complexity index is 974. The number of nitrogens with one attached hydrogen (secondary N) is 1. The van der Waals surface area contributed by atoms with Crippen molar-refractivity contribution in [3.8, 4) is 0 Å². The molecule has 2 aromatic rings. The largest absolute Gasteiger partial charge is 0.337 e. The highest BCUT2D eigenvalue weighted by atomic mass is 35.5. The lowest BCUT2D eigenvalue weighted by molar-refractivity contribution is 0.0821. The van der Waals surface area contributed by atoms with E-state index in [0.29, 0.717) is 23.6 Å². The second-order valence-corrected chi connectivity index (χ2v) is 7.86. The van der Waals surface area contributed by atoms with Gasteiger partial charge in [-0.3, -0.25) is 9.69 Å². The monoisotopic (exact) mass is 393 g/mol. The summed E-state index contributed by atoms with van der Waals surface area (Å²) in [7, 11) is -3.72. The maximum Gasteiger partial charge on any atom is 0.324 e. The molecule has 0 spiro atoms. The Morgan fingerprint density at radius 2 is 1.88 bits per heavy atom. The number of urea groups is 1. The summed E-state index contributed by atoms with van der Waals surface area (Å²) in [6.45, 7) is 0.484. The third-order valence-electron chi connectivity index (χ3n) is 4.06. The van der Waals surface area contributed by atoms with Crippen LogP contribution in [-0.4, -0.2) is 31.8 Å². The number of hydrogen-bond acceptors (Lipinski definition) is 4. The first-order valence-corrected chi connectivity index (χ1v) is 9.68. The third-order valence-corrected chi connectivity index (χ3v) is 5.22. The maximum absolute atomic E-state index is 12.3. The van der Waals surface area contributed by atoms with Crippen molar-refractivity contribution in [3.05, 3.63) is 64.2 Å². The van der Waals surface area contributed by atoms with Gasteiger partial charge in [0.25, 0.3) is 5.91 Å². The lowest BCUT2D eigenvalue weighted by Crippen LogP contribution is -2.40. The molecule has 9 heteroatoms. The number of primary sulfonamides is 1. The van der Waals surface area contributed by atoms with Gasteiger partial charge in [0.1, 0.15) is 0 Å². The smallest absolute Gasteiger partial charge is 0.324 e. The molecule has 1 heterocycles. The maximum atomic E-state index is 12.3. The normalized spacial score (nSPS) is 13.6. The standard InChI is InChI=1S/C17H16ClN3O4S/c18-13-3-6-15-12(9-13)10-21(16(15)22)17(23)20-8-7-11-1-4-14(5-2-11)26(19,24)25/h1-6,9H,7-8,10H2,(H,20,23)(H2,19,24,25).